The minimum Gasteiger partial charge on any atom is -0.508 e. The number of fused-ring (bicyclic) bond motifs is 1. The third-order valence-corrected chi connectivity index (χ3v) is 6.62. The first-order chi connectivity index (χ1) is 13.1. The quantitative estimate of drug-likeness (QED) is 0.698. The number of rotatable bonds is 3. The molecule has 7 nitrogen and oxygen atoms in total. The van der Waals surface area contributed by atoms with Gasteiger partial charge in [-0.15, -0.1) is 0 Å². The van der Waals surface area contributed by atoms with E-state index in [0.717, 1.165) is 47.9 Å². The first-order valence-corrected chi connectivity index (χ1v) is 10.3. The topological polar surface area (TPSA) is 70.3 Å². The predicted molar refractivity (Wildman–Crippen MR) is 108 cm³/mol. The van der Waals surface area contributed by atoms with Crippen molar-refractivity contribution in [2.45, 2.75) is 18.4 Å². The highest BCUT2D eigenvalue weighted by atomic mass is 32.2. The van der Waals surface area contributed by atoms with Crippen LogP contribution >= 0.6 is 11.9 Å². The Morgan fingerprint density at radius 2 is 2.07 bits per heavy atom. The molecule has 1 saturated heterocycles. The summed E-state index contributed by atoms with van der Waals surface area (Å²) in [5, 5.41) is 15.3. The summed E-state index contributed by atoms with van der Waals surface area (Å²) in [6.45, 7) is 2.95. The summed E-state index contributed by atoms with van der Waals surface area (Å²) >= 11 is 1.85. The number of piperazine rings is 1. The molecule has 1 spiro atoms. The van der Waals surface area contributed by atoms with Crippen LogP contribution in [0.5, 0.6) is 5.75 Å². The van der Waals surface area contributed by atoms with Gasteiger partial charge in [-0.25, -0.2) is 14.0 Å². The van der Waals surface area contributed by atoms with E-state index in [9.17, 15) is 5.11 Å². The molecule has 140 valence electrons. The van der Waals surface area contributed by atoms with Crippen LogP contribution in [-0.4, -0.2) is 60.6 Å². The second kappa shape index (κ2) is 6.10. The van der Waals surface area contributed by atoms with E-state index < -0.39 is 0 Å². The van der Waals surface area contributed by atoms with Gasteiger partial charge in [-0.2, -0.15) is 10.1 Å². The Bertz CT molecular complexity index is 1010. The number of nitrogens with zero attached hydrogens (tertiary/aromatic N) is 6. The van der Waals surface area contributed by atoms with E-state index in [1.54, 1.807) is 16.8 Å². The van der Waals surface area contributed by atoms with Crippen LogP contribution in [0.1, 0.15) is 12.8 Å². The molecule has 8 heteroatoms. The lowest BCUT2D eigenvalue weighted by atomic mass is 10.1. The van der Waals surface area contributed by atoms with E-state index in [0.29, 0.717) is 5.54 Å². The third-order valence-electron chi connectivity index (χ3n) is 5.60. The second-order valence-electron chi connectivity index (χ2n) is 7.36. The van der Waals surface area contributed by atoms with Crippen molar-refractivity contribution >= 4 is 28.9 Å². The molecule has 0 atom stereocenters. The van der Waals surface area contributed by atoms with Gasteiger partial charge >= 0.3 is 0 Å². The average Bonchev–Trinajstić information content (AvgIpc) is 3.36. The fraction of sp³-hybridized carbons (Fsp3) is 0.421. The van der Waals surface area contributed by atoms with Gasteiger partial charge in [0.05, 0.1) is 5.39 Å². The van der Waals surface area contributed by atoms with E-state index >= 15 is 0 Å². The van der Waals surface area contributed by atoms with Crippen LogP contribution in [0.2, 0.25) is 0 Å². The maximum Gasteiger partial charge on any atom is 0.227 e. The zero-order chi connectivity index (χ0) is 18.6. The van der Waals surface area contributed by atoms with Crippen LogP contribution in [0.4, 0.5) is 5.95 Å². The number of phenolic OH excluding ortho intramolecular Hbond substituents is 1. The fourth-order valence-corrected chi connectivity index (χ4v) is 4.91. The van der Waals surface area contributed by atoms with Gasteiger partial charge in [0.15, 0.2) is 5.65 Å². The van der Waals surface area contributed by atoms with E-state index in [1.165, 1.54) is 12.8 Å². The van der Waals surface area contributed by atoms with E-state index in [1.807, 2.05) is 37.3 Å². The average molecular weight is 382 g/mol. The minimum absolute atomic E-state index is 0.227. The summed E-state index contributed by atoms with van der Waals surface area (Å²) < 4.78 is 4.32. The van der Waals surface area contributed by atoms with Crippen LogP contribution in [0.25, 0.3) is 22.3 Å². The first kappa shape index (κ1) is 16.8. The highest BCUT2D eigenvalue weighted by molar-refractivity contribution is 7.96. The monoisotopic (exact) mass is 382 g/mol. The lowest BCUT2D eigenvalue weighted by Crippen LogP contribution is -2.52. The molecule has 0 unspecified atom stereocenters. The van der Waals surface area contributed by atoms with Gasteiger partial charge in [0.1, 0.15) is 11.4 Å². The Balaban J connectivity index is 1.51. The largest absolute Gasteiger partial charge is 0.508 e. The molecule has 0 bridgehead atoms. The Morgan fingerprint density at radius 3 is 2.81 bits per heavy atom. The Kier molecular flexibility index (Phi) is 3.80. The summed E-state index contributed by atoms with van der Waals surface area (Å²) in [6.07, 6.45) is 6.53. The van der Waals surface area contributed by atoms with Crippen molar-refractivity contribution in [3.63, 3.8) is 0 Å². The molecule has 1 N–H and O–H groups in total. The maximum atomic E-state index is 9.79. The van der Waals surface area contributed by atoms with Gasteiger partial charge in [-0.1, -0.05) is 24.1 Å². The zero-order valence-corrected chi connectivity index (χ0v) is 16.3. The Hall–Kier alpha value is -2.32. The van der Waals surface area contributed by atoms with Crippen molar-refractivity contribution < 1.29 is 5.11 Å². The molecule has 2 aromatic heterocycles. The molecule has 3 heterocycles. The van der Waals surface area contributed by atoms with E-state index in [2.05, 4.69) is 25.5 Å². The highest BCUT2D eigenvalue weighted by Gasteiger charge is 2.51. The lowest BCUT2D eigenvalue weighted by Gasteiger charge is -2.40. The molecular formula is C19H22N6OS. The van der Waals surface area contributed by atoms with Crippen LogP contribution in [0.15, 0.2) is 30.5 Å². The molecule has 0 amide bonds. The van der Waals surface area contributed by atoms with Gasteiger partial charge in [0, 0.05) is 44.0 Å². The van der Waals surface area contributed by atoms with E-state index in [-0.39, 0.29) is 5.75 Å². The van der Waals surface area contributed by atoms with Crippen LogP contribution < -0.4 is 4.90 Å². The molecule has 5 rings (SSSR count). The molecule has 1 aliphatic heterocycles. The summed E-state index contributed by atoms with van der Waals surface area (Å²) in [7, 11) is 1.90. The number of anilines is 1. The first-order valence-electron chi connectivity index (χ1n) is 9.15. The van der Waals surface area contributed by atoms with Crippen molar-refractivity contribution in [2.24, 2.45) is 7.05 Å². The fourth-order valence-electron chi connectivity index (χ4n) is 4.02. The molecule has 3 aromatic rings. The van der Waals surface area contributed by atoms with Crippen molar-refractivity contribution in [3.8, 4) is 17.0 Å². The number of hydrogen-bond acceptors (Lipinski definition) is 7. The minimum atomic E-state index is 0.227. The van der Waals surface area contributed by atoms with Crippen molar-refractivity contribution in [1.29, 1.82) is 0 Å². The Labute approximate surface area is 162 Å². The van der Waals surface area contributed by atoms with Crippen molar-refractivity contribution in [2.75, 3.05) is 30.8 Å². The van der Waals surface area contributed by atoms with E-state index in [4.69, 9.17) is 4.98 Å². The zero-order valence-electron chi connectivity index (χ0n) is 15.5. The van der Waals surface area contributed by atoms with Gasteiger partial charge < -0.3 is 10.0 Å². The maximum absolute atomic E-state index is 9.79. The van der Waals surface area contributed by atoms with Gasteiger partial charge in [0.25, 0.3) is 0 Å². The molecule has 2 aliphatic rings. The lowest BCUT2D eigenvalue weighted by molar-refractivity contribution is 0.295. The van der Waals surface area contributed by atoms with Gasteiger partial charge in [-0.3, -0.25) is 0 Å². The number of phenols is 1. The molecule has 27 heavy (non-hydrogen) atoms. The second-order valence-corrected chi connectivity index (χ2v) is 8.17. The summed E-state index contributed by atoms with van der Waals surface area (Å²) in [5.74, 6) is 1.00. The Morgan fingerprint density at radius 1 is 1.22 bits per heavy atom. The predicted octanol–water partition coefficient (Wildman–Crippen LogP) is 2.67. The molecular weight excluding hydrogens is 360 g/mol. The smallest absolute Gasteiger partial charge is 0.227 e. The molecule has 0 radical (unpaired) electrons. The summed E-state index contributed by atoms with van der Waals surface area (Å²) in [4.78, 5) is 11.8. The number of benzene rings is 1. The van der Waals surface area contributed by atoms with Gasteiger partial charge in [0.2, 0.25) is 5.95 Å². The molecule has 1 aliphatic carbocycles. The summed E-state index contributed by atoms with van der Waals surface area (Å²) in [6, 6.07) is 7.13. The molecule has 1 saturated carbocycles. The summed E-state index contributed by atoms with van der Waals surface area (Å²) in [5.41, 5.74) is 2.77. The van der Waals surface area contributed by atoms with Crippen molar-refractivity contribution in [3.05, 3.63) is 30.5 Å². The number of hydrogen-bond donors (Lipinski definition) is 1. The molecule has 1 aromatic carbocycles. The van der Waals surface area contributed by atoms with Crippen LogP contribution in [0.3, 0.4) is 0 Å². The standard InChI is InChI=1S/C19H22N6OS/c1-23-17-15(16(22-23)13-4-3-5-14(26)10-13)11-20-18(21-17)24-8-9-25(27-2)19(12-24)6-7-19/h3-5,10-11,26H,6-9,12H2,1-2H3. The van der Waals surface area contributed by atoms with Crippen molar-refractivity contribution in [1.82, 2.24) is 24.1 Å². The van der Waals surface area contributed by atoms with Crippen LogP contribution in [0, 0.1) is 0 Å². The number of aryl methyl sites for hydroxylation is 1. The SMILES string of the molecule is CSN1CCN(c2ncc3c(-c4cccc(O)c4)nn(C)c3n2)CC12CC2. The highest BCUT2D eigenvalue weighted by Crippen LogP contribution is 2.47. The number of aromatic nitrogens is 4. The van der Waals surface area contributed by atoms with Gasteiger partial charge in [-0.05, 0) is 31.2 Å². The third kappa shape index (κ3) is 2.74. The normalized spacial score (nSPS) is 19.1. The van der Waals surface area contributed by atoms with Crippen LogP contribution in [-0.2, 0) is 7.05 Å². The molecule has 2 fully saturated rings. The number of aromatic hydroxyl groups is 1.